The number of carbonyl (C=O) groups is 1. The number of halogens is 3. The van der Waals surface area contributed by atoms with E-state index in [9.17, 15) is 18.0 Å². The molecule has 1 aromatic rings. The molecule has 8 heteroatoms. The van der Waals surface area contributed by atoms with Crippen molar-refractivity contribution in [3.05, 3.63) is 23.9 Å². The fraction of sp³-hybridized carbons (Fsp3) is 0.600. The van der Waals surface area contributed by atoms with Gasteiger partial charge in [0.15, 0.2) is 0 Å². The van der Waals surface area contributed by atoms with Crippen molar-refractivity contribution in [3.63, 3.8) is 0 Å². The molecule has 126 valence electrons. The highest BCUT2D eigenvalue weighted by Gasteiger charge is 2.36. The molecule has 2 aliphatic rings. The van der Waals surface area contributed by atoms with Gasteiger partial charge in [-0.2, -0.15) is 13.2 Å². The van der Waals surface area contributed by atoms with Gasteiger partial charge in [0, 0.05) is 25.8 Å². The van der Waals surface area contributed by atoms with Crippen LogP contribution in [-0.4, -0.2) is 54.7 Å². The summed E-state index contributed by atoms with van der Waals surface area (Å²) >= 11 is 0. The van der Waals surface area contributed by atoms with E-state index in [1.807, 2.05) is 0 Å². The minimum Gasteiger partial charge on any atom is -0.378 e. The molecule has 1 atom stereocenters. The lowest BCUT2D eigenvalue weighted by Crippen LogP contribution is -2.50. The Morgan fingerprint density at radius 1 is 1.26 bits per heavy atom. The zero-order valence-electron chi connectivity index (χ0n) is 12.6. The van der Waals surface area contributed by atoms with Gasteiger partial charge in [-0.05, 0) is 25.0 Å². The monoisotopic (exact) mass is 329 g/mol. The van der Waals surface area contributed by atoms with E-state index in [1.54, 1.807) is 9.80 Å². The number of ether oxygens (including phenoxy) is 1. The third-order valence-electron chi connectivity index (χ3n) is 4.23. The van der Waals surface area contributed by atoms with Crippen molar-refractivity contribution >= 4 is 11.7 Å². The van der Waals surface area contributed by atoms with E-state index in [-0.39, 0.29) is 11.7 Å². The number of morpholine rings is 1. The molecule has 23 heavy (non-hydrogen) atoms. The molecule has 3 rings (SSSR count). The van der Waals surface area contributed by atoms with Crippen LogP contribution < -0.4 is 4.90 Å². The number of pyridine rings is 1. The number of hydrogen-bond donors (Lipinski definition) is 0. The van der Waals surface area contributed by atoms with Crippen LogP contribution in [0.4, 0.5) is 19.0 Å². The summed E-state index contributed by atoms with van der Waals surface area (Å²) in [5.41, 5.74) is -0.744. The Bertz CT molecular complexity index is 573. The molecule has 2 aliphatic heterocycles. The van der Waals surface area contributed by atoms with Gasteiger partial charge >= 0.3 is 6.18 Å². The summed E-state index contributed by atoms with van der Waals surface area (Å²) in [5.74, 6) is 0.161. The lowest BCUT2D eigenvalue weighted by Gasteiger charge is -2.33. The maximum absolute atomic E-state index is 12.9. The molecule has 2 fully saturated rings. The second-order valence-electron chi connectivity index (χ2n) is 5.69. The highest BCUT2D eigenvalue weighted by molar-refractivity contribution is 5.85. The molecule has 1 aromatic heterocycles. The first-order chi connectivity index (χ1) is 11.0. The van der Waals surface area contributed by atoms with Gasteiger partial charge in [-0.15, -0.1) is 0 Å². The van der Waals surface area contributed by atoms with Crippen LogP contribution in [-0.2, 0) is 15.7 Å². The van der Waals surface area contributed by atoms with Crippen LogP contribution in [0.3, 0.4) is 0 Å². The number of carbonyl (C=O) groups excluding carboxylic acids is 1. The predicted octanol–water partition coefficient (Wildman–Crippen LogP) is 1.93. The van der Waals surface area contributed by atoms with Crippen LogP contribution in [0.25, 0.3) is 0 Å². The maximum Gasteiger partial charge on any atom is 0.416 e. The van der Waals surface area contributed by atoms with E-state index >= 15 is 0 Å². The van der Waals surface area contributed by atoms with E-state index in [1.165, 1.54) is 0 Å². The summed E-state index contributed by atoms with van der Waals surface area (Å²) in [5, 5.41) is 0. The molecular weight excluding hydrogens is 311 g/mol. The molecular formula is C15H18F3N3O2. The van der Waals surface area contributed by atoms with Crippen molar-refractivity contribution in [2.75, 3.05) is 37.7 Å². The standard InChI is InChI=1S/C15H18F3N3O2/c16-15(17,18)11-3-4-19-13(10-11)21-5-1-2-12(21)14(22)20-6-8-23-9-7-20/h3-4,10,12H,1-2,5-9H2/t12-/m0/s1. The molecule has 0 N–H and O–H groups in total. The topological polar surface area (TPSA) is 45.7 Å². The van der Waals surface area contributed by atoms with Crippen LogP contribution >= 0.6 is 0 Å². The molecule has 0 saturated carbocycles. The summed E-state index contributed by atoms with van der Waals surface area (Å²) in [6.07, 6.45) is -1.87. The molecule has 0 unspecified atom stereocenters. The highest BCUT2D eigenvalue weighted by atomic mass is 19.4. The van der Waals surface area contributed by atoms with Crippen LogP contribution in [0, 0.1) is 0 Å². The first-order valence-corrected chi connectivity index (χ1v) is 7.63. The number of amides is 1. The van der Waals surface area contributed by atoms with Gasteiger partial charge in [-0.25, -0.2) is 4.98 Å². The largest absolute Gasteiger partial charge is 0.416 e. The molecule has 0 aromatic carbocycles. The van der Waals surface area contributed by atoms with Crippen molar-refractivity contribution in [2.24, 2.45) is 0 Å². The lowest BCUT2D eigenvalue weighted by atomic mass is 10.1. The molecule has 1 amide bonds. The van der Waals surface area contributed by atoms with Crippen molar-refractivity contribution in [1.82, 2.24) is 9.88 Å². The second kappa shape index (κ2) is 6.35. The number of hydrogen-bond acceptors (Lipinski definition) is 4. The van der Waals surface area contributed by atoms with E-state index < -0.39 is 17.8 Å². The Labute approximate surface area is 132 Å². The van der Waals surface area contributed by atoms with Crippen molar-refractivity contribution in [3.8, 4) is 0 Å². The Hall–Kier alpha value is -1.83. The fourth-order valence-corrected chi connectivity index (χ4v) is 3.04. The molecule has 5 nitrogen and oxygen atoms in total. The minimum atomic E-state index is -4.42. The predicted molar refractivity (Wildman–Crippen MR) is 77.0 cm³/mol. The zero-order valence-corrected chi connectivity index (χ0v) is 12.6. The van der Waals surface area contributed by atoms with E-state index in [2.05, 4.69) is 4.98 Å². The van der Waals surface area contributed by atoms with Crippen LogP contribution in [0.1, 0.15) is 18.4 Å². The minimum absolute atomic E-state index is 0.0509. The van der Waals surface area contributed by atoms with E-state index in [4.69, 9.17) is 4.74 Å². The number of anilines is 1. The number of nitrogens with zero attached hydrogens (tertiary/aromatic N) is 3. The molecule has 0 spiro atoms. The van der Waals surface area contributed by atoms with Crippen molar-refractivity contribution in [2.45, 2.75) is 25.1 Å². The average Bonchev–Trinajstić information content (AvgIpc) is 3.04. The fourth-order valence-electron chi connectivity index (χ4n) is 3.04. The third kappa shape index (κ3) is 3.41. The second-order valence-corrected chi connectivity index (χ2v) is 5.69. The van der Waals surface area contributed by atoms with Gasteiger partial charge in [-0.3, -0.25) is 4.79 Å². The number of alkyl halides is 3. The molecule has 0 bridgehead atoms. The zero-order chi connectivity index (χ0) is 16.4. The van der Waals surface area contributed by atoms with Crippen molar-refractivity contribution in [1.29, 1.82) is 0 Å². The van der Waals surface area contributed by atoms with Crippen LogP contribution in [0.15, 0.2) is 18.3 Å². The summed E-state index contributed by atoms with van der Waals surface area (Å²) in [6, 6.07) is 1.52. The molecule has 0 aliphatic carbocycles. The van der Waals surface area contributed by atoms with Gasteiger partial charge in [0.25, 0.3) is 0 Å². The summed E-state index contributed by atoms with van der Waals surface area (Å²) in [4.78, 5) is 20.1. The normalized spacial score (nSPS) is 22.5. The molecule has 2 saturated heterocycles. The Kier molecular flexibility index (Phi) is 4.43. The van der Waals surface area contributed by atoms with Gasteiger partial charge in [0.2, 0.25) is 5.91 Å². The summed E-state index contributed by atoms with van der Waals surface area (Å²) in [7, 11) is 0. The summed E-state index contributed by atoms with van der Waals surface area (Å²) < 4.78 is 43.8. The lowest BCUT2D eigenvalue weighted by molar-refractivity contribution is -0.137. The average molecular weight is 329 g/mol. The van der Waals surface area contributed by atoms with Crippen LogP contribution in [0.5, 0.6) is 0 Å². The SMILES string of the molecule is O=C([C@@H]1CCCN1c1cc(C(F)(F)F)ccn1)N1CCOCC1. The quantitative estimate of drug-likeness (QED) is 0.832. The van der Waals surface area contributed by atoms with Gasteiger partial charge in [0.05, 0.1) is 18.8 Å². The first kappa shape index (κ1) is 16.0. The van der Waals surface area contributed by atoms with E-state index in [0.29, 0.717) is 39.3 Å². The maximum atomic E-state index is 12.9. The van der Waals surface area contributed by atoms with Crippen LogP contribution in [0.2, 0.25) is 0 Å². The first-order valence-electron chi connectivity index (χ1n) is 7.63. The molecule has 3 heterocycles. The molecule has 0 radical (unpaired) electrons. The summed E-state index contributed by atoms with van der Waals surface area (Å²) in [6.45, 7) is 2.59. The van der Waals surface area contributed by atoms with Gasteiger partial charge in [-0.1, -0.05) is 0 Å². The van der Waals surface area contributed by atoms with Gasteiger partial charge in [0.1, 0.15) is 11.9 Å². The third-order valence-corrected chi connectivity index (χ3v) is 4.23. The number of rotatable bonds is 2. The smallest absolute Gasteiger partial charge is 0.378 e. The number of aromatic nitrogens is 1. The van der Waals surface area contributed by atoms with E-state index in [0.717, 1.165) is 24.8 Å². The van der Waals surface area contributed by atoms with Crippen molar-refractivity contribution < 1.29 is 22.7 Å². The van der Waals surface area contributed by atoms with Gasteiger partial charge < -0.3 is 14.5 Å². The Morgan fingerprint density at radius 2 is 2.00 bits per heavy atom. The Balaban J connectivity index is 1.80. The Morgan fingerprint density at radius 3 is 2.70 bits per heavy atom. The highest BCUT2D eigenvalue weighted by Crippen LogP contribution is 2.32.